The molecule has 1 unspecified atom stereocenters. The SMILES string of the molecule is COc1ccc(F)cc1C(NN)c1cc(Cl)cc(Cl)c1. The predicted octanol–water partition coefficient (Wildman–Crippen LogP) is 3.69. The lowest BCUT2D eigenvalue weighted by Gasteiger charge is -2.20. The van der Waals surface area contributed by atoms with Gasteiger partial charge in [0.2, 0.25) is 0 Å². The molecule has 0 aromatic heterocycles. The van der Waals surface area contributed by atoms with Gasteiger partial charge in [-0.15, -0.1) is 0 Å². The smallest absolute Gasteiger partial charge is 0.124 e. The molecule has 6 heteroatoms. The molecule has 0 saturated carbocycles. The van der Waals surface area contributed by atoms with Crippen molar-refractivity contribution in [2.24, 2.45) is 5.84 Å². The van der Waals surface area contributed by atoms with E-state index in [1.807, 2.05) is 0 Å². The molecule has 2 aromatic carbocycles. The predicted molar refractivity (Wildman–Crippen MR) is 78.6 cm³/mol. The number of nitrogens with one attached hydrogen (secondary N) is 1. The Hall–Kier alpha value is -1.33. The van der Waals surface area contributed by atoms with Crippen LogP contribution in [0.15, 0.2) is 36.4 Å². The maximum absolute atomic E-state index is 13.5. The highest BCUT2D eigenvalue weighted by Gasteiger charge is 2.18. The Bertz CT molecular complexity index is 602. The van der Waals surface area contributed by atoms with Crippen LogP contribution in [0, 0.1) is 5.82 Å². The van der Waals surface area contributed by atoms with Crippen molar-refractivity contribution in [3.05, 3.63) is 63.4 Å². The van der Waals surface area contributed by atoms with Crippen LogP contribution in [0.5, 0.6) is 5.75 Å². The third-order valence-corrected chi connectivity index (χ3v) is 3.32. The highest BCUT2D eigenvalue weighted by Crippen LogP contribution is 2.32. The van der Waals surface area contributed by atoms with Gasteiger partial charge in [-0.25, -0.2) is 9.82 Å². The molecule has 1 atom stereocenters. The Balaban J connectivity index is 2.54. The van der Waals surface area contributed by atoms with Crippen molar-refractivity contribution in [2.75, 3.05) is 7.11 Å². The van der Waals surface area contributed by atoms with Gasteiger partial charge in [0.1, 0.15) is 11.6 Å². The average Bonchev–Trinajstić information content (AvgIpc) is 2.39. The fourth-order valence-corrected chi connectivity index (χ4v) is 2.58. The molecule has 0 aliphatic carbocycles. The van der Waals surface area contributed by atoms with Gasteiger partial charge in [0, 0.05) is 15.6 Å². The van der Waals surface area contributed by atoms with E-state index < -0.39 is 6.04 Å². The van der Waals surface area contributed by atoms with Gasteiger partial charge in [-0.05, 0) is 42.0 Å². The molecule has 0 spiro atoms. The summed E-state index contributed by atoms with van der Waals surface area (Å²) in [5, 5.41) is 0.950. The van der Waals surface area contributed by atoms with Crippen LogP contribution in [0.1, 0.15) is 17.2 Å². The largest absolute Gasteiger partial charge is 0.496 e. The van der Waals surface area contributed by atoms with Crippen LogP contribution in [-0.2, 0) is 0 Å². The Morgan fingerprint density at radius 3 is 2.35 bits per heavy atom. The number of nitrogens with two attached hydrogens (primary N) is 1. The second-order valence-electron chi connectivity index (χ2n) is 4.19. The van der Waals surface area contributed by atoms with Gasteiger partial charge in [0.15, 0.2) is 0 Å². The fraction of sp³-hybridized carbons (Fsp3) is 0.143. The van der Waals surface area contributed by atoms with E-state index >= 15 is 0 Å². The first-order valence-electron chi connectivity index (χ1n) is 5.80. The lowest BCUT2D eigenvalue weighted by Crippen LogP contribution is -2.29. The number of halogens is 3. The lowest BCUT2D eigenvalue weighted by molar-refractivity contribution is 0.402. The zero-order chi connectivity index (χ0) is 14.7. The second-order valence-corrected chi connectivity index (χ2v) is 5.06. The van der Waals surface area contributed by atoms with E-state index in [1.165, 1.54) is 19.2 Å². The molecule has 20 heavy (non-hydrogen) atoms. The van der Waals surface area contributed by atoms with E-state index in [0.29, 0.717) is 26.9 Å². The number of hydrogen-bond donors (Lipinski definition) is 2. The molecule has 0 saturated heterocycles. The van der Waals surface area contributed by atoms with Crippen molar-refractivity contribution in [3.8, 4) is 5.75 Å². The maximum Gasteiger partial charge on any atom is 0.124 e. The van der Waals surface area contributed by atoms with E-state index in [1.54, 1.807) is 24.3 Å². The highest BCUT2D eigenvalue weighted by atomic mass is 35.5. The number of methoxy groups -OCH3 is 1. The van der Waals surface area contributed by atoms with Gasteiger partial charge in [0.25, 0.3) is 0 Å². The van der Waals surface area contributed by atoms with Crippen molar-refractivity contribution in [1.29, 1.82) is 0 Å². The minimum Gasteiger partial charge on any atom is -0.496 e. The summed E-state index contributed by atoms with van der Waals surface area (Å²) in [6.07, 6.45) is 0. The molecule has 0 aliphatic rings. The average molecular weight is 315 g/mol. The Morgan fingerprint density at radius 1 is 1.15 bits per heavy atom. The Morgan fingerprint density at radius 2 is 1.80 bits per heavy atom. The summed E-state index contributed by atoms with van der Waals surface area (Å²) in [4.78, 5) is 0. The van der Waals surface area contributed by atoms with Crippen LogP contribution in [0.4, 0.5) is 4.39 Å². The van der Waals surface area contributed by atoms with Crippen LogP contribution in [0.3, 0.4) is 0 Å². The molecule has 3 nitrogen and oxygen atoms in total. The van der Waals surface area contributed by atoms with E-state index in [-0.39, 0.29) is 5.82 Å². The summed E-state index contributed by atoms with van der Waals surface area (Å²) in [5.41, 5.74) is 3.91. The second kappa shape index (κ2) is 6.41. The van der Waals surface area contributed by atoms with Crippen molar-refractivity contribution >= 4 is 23.2 Å². The zero-order valence-electron chi connectivity index (χ0n) is 10.7. The third-order valence-electron chi connectivity index (χ3n) is 2.89. The van der Waals surface area contributed by atoms with Crippen LogP contribution in [-0.4, -0.2) is 7.11 Å². The van der Waals surface area contributed by atoms with Crippen molar-refractivity contribution in [3.63, 3.8) is 0 Å². The van der Waals surface area contributed by atoms with Gasteiger partial charge in [-0.2, -0.15) is 0 Å². The zero-order valence-corrected chi connectivity index (χ0v) is 12.2. The minimum absolute atomic E-state index is 0.380. The third kappa shape index (κ3) is 3.22. The summed E-state index contributed by atoms with van der Waals surface area (Å²) in [6, 6.07) is 8.77. The first-order valence-corrected chi connectivity index (χ1v) is 6.56. The van der Waals surface area contributed by atoms with Gasteiger partial charge in [0.05, 0.1) is 13.2 Å². The fourth-order valence-electron chi connectivity index (χ4n) is 2.04. The first kappa shape index (κ1) is 15.1. The Labute approximate surface area is 126 Å². The molecule has 3 N–H and O–H groups in total. The topological polar surface area (TPSA) is 47.3 Å². The molecule has 0 aliphatic heterocycles. The van der Waals surface area contributed by atoms with E-state index in [0.717, 1.165) is 0 Å². The Kier molecular flexibility index (Phi) is 4.83. The van der Waals surface area contributed by atoms with Crippen LogP contribution < -0.4 is 16.0 Å². The number of hydrogen-bond acceptors (Lipinski definition) is 3. The highest BCUT2D eigenvalue weighted by molar-refractivity contribution is 6.34. The van der Waals surface area contributed by atoms with Gasteiger partial charge in [-0.3, -0.25) is 5.84 Å². The van der Waals surface area contributed by atoms with E-state index in [4.69, 9.17) is 33.8 Å². The van der Waals surface area contributed by atoms with E-state index in [2.05, 4.69) is 5.43 Å². The van der Waals surface area contributed by atoms with Crippen LogP contribution >= 0.6 is 23.2 Å². The molecule has 2 rings (SSSR count). The first-order chi connectivity index (χ1) is 9.55. The van der Waals surface area contributed by atoms with Crippen molar-refractivity contribution in [1.82, 2.24) is 5.43 Å². The summed E-state index contributed by atoms with van der Waals surface area (Å²) >= 11 is 12.0. The molecule has 0 radical (unpaired) electrons. The number of hydrazine groups is 1. The molecular formula is C14H13Cl2FN2O. The quantitative estimate of drug-likeness (QED) is 0.668. The van der Waals surface area contributed by atoms with Crippen molar-refractivity contribution in [2.45, 2.75) is 6.04 Å². The van der Waals surface area contributed by atoms with Gasteiger partial charge < -0.3 is 4.74 Å². The monoisotopic (exact) mass is 314 g/mol. The summed E-state index contributed by atoms with van der Waals surface area (Å²) in [5.74, 6) is 5.74. The summed E-state index contributed by atoms with van der Waals surface area (Å²) in [6.45, 7) is 0. The molecule has 106 valence electrons. The molecule has 0 fully saturated rings. The summed E-state index contributed by atoms with van der Waals surface area (Å²) in [7, 11) is 1.51. The van der Waals surface area contributed by atoms with E-state index in [9.17, 15) is 4.39 Å². The molecule has 0 bridgehead atoms. The summed E-state index contributed by atoms with van der Waals surface area (Å²) < 4.78 is 18.7. The molecular weight excluding hydrogens is 302 g/mol. The maximum atomic E-state index is 13.5. The lowest BCUT2D eigenvalue weighted by atomic mass is 9.98. The standard InChI is InChI=1S/C14H13Cl2FN2O/c1-20-13-3-2-11(17)7-12(13)14(19-18)8-4-9(15)6-10(16)5-8/h2-7,14,19H,18H2,1H3. The van der Waals surface area contributed by atoms with Gasteiger partial charge in [-0.1, -0.05) is 23.2 Å². The van der Waals surface area contributed by atoms with Crippen LogP contribution in [0.2, 0.25) is 10.0 Å². The van der Waals surface area contributed by atoms with Crippen LogP contribution in [0.25, 0.3) is 0 Å². The minimum atomic E-state index is -0.489. The number of ether oxygens (including phenoxy) is 1. The normalized spacial score (nSPS) is 12.2. The molecule has 2 aromatic rings. The number of rotatable bonds is 4. The van der Waals surface area contributed by atoms with Crippen molar-refractivity contribution < 1.29 is 9.13 Å². The van der Waals surface area contributed by atoms with Gasteiger partial charge >= 0.3 is 0 Å². The molecule has 0 amide bonds. The molecule has 0 heterocycles. The number of benzene rings is 2.